The Kier molecular flexibility index (Phi) is 6.29. The Morgan fingerprint density at radius 2 is 1.89 bits per heavy atom. The molecule has 5 rings (SSSR count). The summed E-state index contributed by atoms with van der Waals surface area (Å²) >= 11 is 1.66. The number of esters is 1. The van der Waals surface area contributed by atoms with Gasteiger partial charge in [0, 0.05) is 23.4 Å². The number of sulfonamides is 1. The fourth-order valence-corrected chi connectivity index (χ4v) is 6.90. The number of rotatable bonds is 5. The molecule has 1 fully saturated rings. The SMILES string of the molecule is COC(=O)C1=C(C)N=C2SCCCN2C1c1cccc(NS(=O)(=O)c2cccc3ccccc23)c1. The molecule has 0 saturated carbocycles. The molecule has 2 aliphatic rings. The van der Waals surface area contributed by atoms with Gasteiger partial charge >= 0.3 is 5.97 Å². The van der Waals surface area contributed by atoms with E-state index in [1.807, 2.05) is 37.3 Å². The van der Waals surface area contributed by atoms with Gasteiger partial charge < -0.3 is 9.64 Å². The second kappa shape index (κ2) is 9.39. The number of aliphatic imine (C=N–C) groups is 1. The summed E-state index contributed by atoms with van der Waals surface area (Å²) in [6.45, 7) is 2.56. The molecule has 0 aliphatic carbocycles. The molecule has 0 amide bonds. The van der Waals surface area contributed by atoms with E-state index in [2.05, 4.69) is 14.6 Å². The number of anilines is 1. The van der Waals surface area contributed by atoms with Gasteiger partial charge in [0.05, 0.1) is 29.3 Å². The van der Waals surface area contributed by atoms with Crippen LogP contribution in [0.4, 0.5) is 5.69 Å². The molecular weight excluding hydrogens is 482 g/mol. The third-order valence-corrected chi connectivity index (χ3v) is 8.67. The summed E-state index contributed by atoms with van der Waals surface area (Å²) in [5.41, 5.74) is 2.29. The second-order valence-corrected chi connectivity index (χ2v) is 11.1. The van der Waals surface area contributed by atoms with Crippen molar-refractivity contribution in [3.05, 3.63) is 83.6 Å². The third kappa shape index (κ3) is 4.41. The Balaban J connectivity index is 1.54. The summed E-state index contributed by atoms with van der Waals surface area (Å²) in [7, 11) is -2.49. The molecule has 2 aliphatic heterocycles. The number of nitrogens with zero attached hydrogens (tertiary/aromatic N) is 2. The number of carbonyl (C=O) groups is 1. The Hall–Kier alpha value is -3.30. The van der Waals surface area contributed by atoms with Gasteiger partial charge in [0.15, 0.2) is 5.17 Å². The van der Waals surface area contributed by atoms with Crippen molar-refractivity contribution in [3.63, 3.8) is 0 Å². The van der Waals surface area contributed by atoms with Crippen LogP contribution in [0.2, 0.25) is 0 Å². The molecule has 3 aromatic carbocycles. The lowest BCUT2D eigenvalue weighted by Crippen LogP contribution is -2.42. The van der Waals surface area contributed by atoms with Crippen molar-refractivity contribution in [1.29, 1.82) is 0 Å². The highest BCUT2D eigenvalue weighted by molar-refractivity contribution is 8.13. The highest BCUT2D eigenvalue weighted by atomic mass is 32.2. The molecule has 1 unspecified atom stereocenters. The van der Waals surface area contributed by atoms with E-state index in [1.165, 1.54) is 7.11 Å². The Bertz CT molecular complexity index is 1480. The lowest BCUT2D eigenvalue weighted by Gasteiger charge is -2.40. The standard InChI is InChI=1S/C26H25N3O4S2/c1-17-23(25(30)33-2)24(29-14-7-15-34-26(29)27-17)19-10-5-11-20(16-19)28-35(31,32)22-13-6-9-18-8-3-4-12-21(18)22/h3-6,8-13,16,24,28H,7,14-15H2,1-2H3. The predicted molar refractivity (Wildman–Crippen MR) is 140 cm³/mol. The number of hydrogen-bond acceptors (Lipinski definition) is 7. The van der Waals surface area contributed by atoms with Crippen LogP contribution in [0.25, 0.3) is 10.8 Å². The van der Waals surface area contributed by atoms with Crippen molar-refractivity contribution >= 4 is 49.4 Å². The van der Waals surface area contributed by atoms with Gasteiger partial charge in [0.1, 0.15) is 0 Å². The first-order valence-corrected chi connectivity index (χ1v) is 13.7. The van der Waals surface area contributed by atoms with Crippen molar-refractivity contribution < 1.29 is 17.9 Å². The number of thioether (sulfide) groups is 1. The topological polar surface area (TPSA) is 88.1 Å². The largest absolute Gasteiger partial charge is 0.466 e. The van der Waals surface area contributed by atoms with Gasteiger partial charge in [-0.3, -0.25) is 4.72 Å². The van der Waals surface area contributed by atoms with Gasteiger partial charge in [-0.1, -0.05) is 60.3 Å². The number of amidine groups is 1. The van der Waals surface area contributed by atoms with Crippen LogP contribution in [-0.4, -0.2) is 43.9 Å². The number of nitrogens with one attached hydrogen (secondary N) is 1. The summed E-state index contributed by atoms with van der Waals surface area (Å²) in [4.78, 5) is 19.7. The minimum Gasteiger partial charge on any atom is -0.466 e. The second-order valence-electron chi connectivity index (χ2n) is 8.39. The Labute approximate surface area is 208 Å². The molecule has 0 radical (unpaired) electrons. The smallest absolute Gasteiger partial charge is 0.338 e. The molecule has 180 valence electrons. The van der Waals surface area contributed by atoms with E-state index in [9.17, 15) is 13.2 Å². The number of allylic oxidation sites excluding steroid dienone is 1. The number of benzene rings is 3. The van der Waals surface area contributed by atoms with Crippen LogP contribution in [-0.2, 0) is 19.6 Å². The van der Waals surface area contributed by atoms with Gasteiger partial charge in [0.25, 0.3) is 10.0 Å². The van der Waals surface area contributed by atoms with Crippen molar-refractivity contribution in [2.45, 2.75) is 24.3 Å². The van der Waals surface area contributed by atoms with Crippen molar-refractivity contribution in [3.8, 4) is 0 Å². The van der Waals surface area contributed by atoms with Gasteiger partial charge in [-0.25, -0.2) is 18.2 Å². The fourth-order valence-electron chi connectivity index (χ4n) is 4.60. The summed E-state index contributed by atoms with van der Waals surface area (Å²) in [6, 6.07) is 19.4. The van der Waals surface area contributed by atoms with Crippen LogP contribution in [0.3, 0.4) is 0 Å². The summed E-state index contributed by atoms with van der Waals surface area (Å²) in [5, 5.41) is 2.38. The van der Waals surface area contributed by atoms with Gasteiger partial charge in [-0.15, -0.1) is 0 Å². The first kappa shape index (κ1) is 23.4. The molecule has 3 aromatic rings. The fraction of sp³-hybridized carbons (Fsp3) is 0.231. The van der Waals surface area contributed by atoms with E-state index >= 15 is 0 Å². The quantitative estimate of drug-likeness (QED) is 0.493. The van der Waals surface area contributed by atoms with E-state index in [1.54, 1.807) is 48.2 Å². The third-order valence-electron chi connectivity index (χ3n) is 6.16. The highest BCUT2D eigenvalue weighted by Gasteiger charge is 2.37. The number of ether oxygens (including phenoxy) is 1. The summed E-state index contributed by atoms with van der Waals surface area (Å²) < 4.78 is 34.6. The summed E-state index contributed by atoms with van der Waals surface area (Å²) in [5.74, 6) is 0.529. The van der Waals surface area contributed by atoms with E-state index in [4.69, 9.17) is 4.74 Å². The molecule has 1 atom stereocenters. The maximum Gasteiger partial charge on any atom is 0.338 e. The van der Waals surface area contributed by atoms with E-state index in [0.717, 1.165) is 34.8 Å². The van der Waals surface area contributed by atoms with Gasteiger partial charge in [0.2, 0.25) is 0 Å². The lowest BCUT2D eigenvalue weighted by molar-refractivity contribution is -0.136. The van der Waals surface area contributed by atoms with Crippen molar-refractivity contribution in [2.24, 2.45) is 4.99 Å². The van der Waals surface area contributed by atoms with Crippen LogP contribution in [0, 0.1) is 0 Å². The number of methoxy groups -OCH3 is 1. The molecule has 0 bridgehead atoms. The van der Waals surface area contributed by atoms with E-state index < -0.39 is 22.0 Å². The molecule has 7 nitrogen and oxygen atoms in total. The number of hydrogen-bond donors (Lipinski definition) is 1. The molecule has 0 aromatic heterocycles. The maximum atomic E-state index is 13.4. The van der Waals surface area contributed by atoms with Crippen LogP contribution >= 0.6 is 11.8 Å². The van der Waals surface area contributed by atoms with Gasteiger partial charge in [-0.05, 0) is 42.5 Å². The van der Waals surface area contributed by atoms with Crippen molar-refractivity contribution in [2.75, 3.05) is 24.1 Å². The van der Waals surface area contributed by atoms with Gasteiger partial charge in [-0.2, -0.15) is 0 Å². The average Bonchev–Trinajstić information content (AvgIpc) is 2.87. The van der Waals surface area contributed by atoms with E-state index in [-0.39, 0.29) is 4.90 Å². The van der Waals surface area contributed by atoms with Crippen LogP contribution in [0.1, 0.15) is 24.9 Å². The summed E-state index contributed by atoms with van der Waals surface area (Å²) in [6.07, 6.45) is 0.959. The first-order chi connectivity index (χ1) is 16.9. The maximum absolute atomic E-state index is 13.4. The monoisotopic (exact) mass is 507 g/mol. The molecular formula is C26H25N3O4S2. The molecule has 1 N–H and O–H groups in total. The van der Waals surface area contributed by atoms with E-state index in [0.29, 0.717) is 22.3 Å². The zero-order valence-electron chi connectivity index (χ0n) is 19.4. The zero-order valence-corrected chi connectivity index (χ0v) is 21.0. The highest BCUT2D eigenvalue weighted by Crippen LogP contribution is 2.40. The minimum absolute atomic E-state index is 0.214. The normalized spacial score (nSPS) is 18.2. The van der Waals surface area contributed by atoms with Crippen LogP contribution < -0.4 is 4.72 Å². The average molecular weight is 508 g/mol. The predicted octanol–water partition coefficient (Wildman–Crippen LogP) is 4.94. The Morgan fingerprint density at radius 1 is 1.11 bits per heavy atom. The zero-order chi connectivity index (χ0) is 24.6. The molecule has 9 heteroatoms. The molecule has 35 heavy (non-hydrogen) atoms. The number of carbonyl (C=O) groups excluding carboxylic acids is 1. The first-order valence-electron chi connectivity index (χ1n) is 11.3. The molecule has 1 saturated heterocycles. The minimum atomic E-state index is -3.85. The lowest BCUT2D eigenvalue weighted by atomic mass is 9.94. The molecule has 2 heterocycles. The van der Waals surface area contributed by atoms with Crippen LogP contribution in [0.15, 0.2) is 87.9 Å². The Morgan fingerprint density at radius 3 is 2.71 bits per heavy atom. The number of fused-ring (bicyclic) bond motifs is 2. The van der Waals surface area contributed by atoms with Crippen LogP contribution in [0.5, 0.6) is 0 Å². The molecule has 0 spiro atoms. The van der Waals surface area contributed by atoms with Crippen molar-refractivity contribution in [1.82, 2.24) is 4.90 Å².